The van der Waals surface area contributed by atoms with Gasteiger partial charge in [0.2, 0.25) is 0 Å². The van der Waals surface area contributed by atoms with Gasteiger partial charge in [-0.25, -0.2) is 0 Å². The second-order valence-electron chi connectivity index (χ2n) is 3.44. The van der Waals surface area contributed by atoms with Gasteiger partial charge in [0.15, 0.2) is 0 Å². The summed E-state index contributed by atoms with van der Waals surface area (Å²) >= 11 is 3.43. The molecule has 1 aromatic heterocycles. The standard InChI is InChI=1S/C12H11BrO2/c1-8-4-5-9(10(13)7-8)12(14)11-3-2-6-15-11/h2-7,12,14H,1H3. The third-order valence-corrected chi connectivity index (χ3v) is 2.95. The number of rotatable bonds is 2. The molecule has 0 fully saturated rings. The van der Waals surface area contributed by atoms with Gasteiger partial charge in [-0.3, -0.25) is 0 Å². The summed E-state index contributed by atoms with van der Waals surface area (Å²) < 4.78 is 6.06. The van der Waals surface area contributed by atoms with Gasteiger partial charge in [-0.15, -0.1) is 0 Å². The SMILES string of the molecule is Cc1ccc(C(O)c2ccco2)c(Br)c1. The van der Waals surface area contributed by atoms with Crippen LogP contribution in [0.25, 0.3) is 0 Å². The molecule has 2 nitrogen and oxygen atoms in total. The number of halogens is 1. The van der Waals surface area contributed by atoms with Crippen molar-refractivity contribution in [3.63, 3.8) is 0 Å². The smallest absolute Gasteiger partial charge is 0.138 e. The van der Waals surface area contributed by atoms with Crippen molar-refractivity contribution in [3.05, 3.63) is 58.0 Å². The van der Waals surface area contributed by atoms with E-state index in [1.807, 2.05) is 25.1 Å². The van der Waals surface area contributed by atoms with E-state index < -0.39 is 6.10 Å². The van der Waals surface area contributed by atoms with Gasteiger partial charge in [0.05, 0.1) is 6.26 Å². The van der Waals surface area contributed by atoms with Crippen molar-refractivity contribution in [2.75, 3.05) is 0 Å². The fourth-order valence-corrected chi connectivity index (χ4v) is 2.16. The zero-order valence-electron chi connectivity index (χ0n) is 8.27. The quantitative estimate of drug-likeness (QED) is 0.904. The highest BCUT2D eigenvalue weighted by molar-refractivity contribution is 9.10. The van der Waals surface area contributed by atoms with E-state index in [0.717, 1.165) is 15.6 Å². The van der Waals surface area contributed by atoms with Crippen LogP contribution in [-0.4, -0.2) is 5.11 Å². The first kappa shape index (κ1) is 10.5. The molecule has 0 bridgehead atoms. The Bertz CT molecular complexity index is 449. The summed E-state index contributed by atoms with van der Waals surface area (Å²) in [6, 6.07) is 9.36. The van der Waals surface area contributed by atoms with Gasteiger partial charge in [-0.1, -0.05) is 28.1 Å². The highest BCUT2D eigenvalue weighted by Crippen LogP contribution is 2.29. The summed E-state index contributed by atoms with van der Waals surface area (Å²) in [4.78, 5) is 0. The molecule has 0 aliphatic heterocycles. The first-order valence-corrected chi connectivity index (χ1v) is 5.45. The van der Waals surface area contributed by atoms with Crippen molar-refractivity contribution in [2.45, 2.75) is 13.0 Å². The normalized spacial score (nSPS) is 12.7. The van der Waals surface area contributed by atoms with E-state index >= 15 is 0 Å². The van der Waals surface area contributed by atoms with Crippen LogP contribution in [0.1, 0.15) is 23.0 Å². The lowest BCUT2D eigenvalue weighted by molar-refractivity contribution is 0.188. The Morgan fingerprint density at radius 3 is 2.73 bits per heavy atom. The summed E-state index contributed by atoms with van der Waals surface area (Å²) in [7, 11) is 0. The molecule has 2 aromatic rings. The lowest BCUT2D eigenvalue weighted by atomic mass is 10.1. The molecule has 0 radical (unpaired) electrons. The summed E-state index contributed by atoms with van der Waals surface area (Å²) in [5.74, 6) is 0.555. The number of aliphatic hydroxyl groups excluding tert-OH is 1. The lowest BCUT2D eigenvalue weighted by Gasteiger charge is -2.10. The second kappa shape index (κ2) is 4.21. The zero-order chi connectivity index (χ0) is 10.8. The first-order valence-electron chi connectivity index (χ1n) is 4.66. The average Bonchev–Trinajstić information content (AvgIpc) is 2.69. The fourth-order valence-electron chi connectivity index (χ4n) is 1.45. The van der Waals surface area contributed by atoms with Gasteiger partial charge in [0.1, 0.15) is 11.9 Å². The molecule has 0 aliphatic carbocycles. The Morgan fingerprint density at radius 1 is 1.33 bits per heavy atom. The molecule has 3 heteroatoms. The highest BCUT2D eigenvalue weighted by atomic mass is 79.9. The molecule has 15 heavy (non-hydrogen) atoms. The topological polar surface area (TPSA) is 33.4 Å². The van der Waals surface area contributed by atoms with E-state index in [1.165, 1.54) is 0 Å². The molecular formula is C12H11BrO2. The van der Waals surface area contributed by atoms with E-state index in [0.29, 0.717) is 5.76 Å². The zero-order valence-corrected chi connectivity index (χ0v) is 9.86. The van der Waals surface area contributed by atoms with Gasteiger partial charge >= 0.3 is 0 Å². The van der Waals surface area contributed by atoms with E-state index in [2.05, 4.69) is 15.9 Å². The molecule has 2 rings (SSSR count). The van der Waals surface area contributed by atoms with Crippen molar-refractivity contribution >= 4 is 15.9 Å². The van der Waals surface area contributed by atoms with E-state index in [9.17, 15) is 5.11 Å². The van der Waals surface area contributed by atoms with Crippen LogP contribution in [0.2, 0.25) is 0 Å². The minimum Gasteiger partial charge on any atom is -0.466 e. The molecule has 0 saturated carbocycles. The van der Waals surface area contributed by atoms with Crippen LogP contribution in [0.3, 0.4) is 0 Å². The van der Waals surface area contributed by atoms with Crippen molar-refractivity contribution in [3.8, 4) is 0 Å². The summed E-state index contributed by atoms with van der Waals surface area (Å²) in [6.07, 6.45) is 0.843. The van der Waals surface area contributed by atoms with Gasteiger partial charge in [-0.2, -0.15) is 0 Å². The predicted octanol–water partition coefficient (Wildman–Crippen LogP) is 3.43. The van der Waals surface area contributed by atoms with Gasteiger partial charge in [-0.05, 0) is 30.7 Å². The Morgan fingerprint density at radius 2 is 2.13 bits per heavy atom. The third-order valence-electron chi connectivity index (χ3n) is 2.26. The van der Waals surface area contributed by atoms with Crippen LogP contribution >= 0.6 is 15.9 Å². The van der Waals surface area contributed by atoms with Gasteiger partial charge in [0, 0.05) is 10.0 Å². The molecule has 0 saturated heterocycles. The van der Waals surface area contributed by atoms with E-state index in [-0.39, 0.29) is 0 Å². The molecule has 1 N–H and O–H groups in total. The largest absolute Gasteiger partial charge is 0.466 e. The van der Waals surface area contributed by atoms with Crippen LogP contribution in [0.5, 0.6) is 0 Å². The van der Waals surface area contributed by atoms with Crippen LogP contribution in [0, 0.1) is 6.92 Å². The molecule has 78 valence electrons. The molecule has 1 unspecified atom stereocenters. The minimum absolute atomic E-state index is 0.555. The van der Waals surface area contributed by atoms with Gasteiger partial charge < -0.3 is 9.52 Å². The molecule has 1 heterocycles. The monoisotopic (exact) mass is 266 g/mol. The lowest BCUT2D eigenvalue weighted by Crippen LogP contribution is -1.99. The summed E-state index contributed by atoms with van der Waals surface area (Å²) in [5, 5.41) is 10.0. The van der Waals surface area contributed by atoms with Crippen LogP contribution < -0.4 is 0 Å². The van der Waals surface area contributed by atoms with Crippen molar-refractivity contribution in [1.29, 1.82) is 0 Å². The van der Waals surface area contributed by atoms with Crippen molar-refractivity contribution < 1.29 is 9.52 Å². The second-order valence-corrected chi connectivity index (χ2v) is 4.30. The van der Waals surface area contributed by atoms with Crippen LogP contribution in [0.4, 0.5) is 0 Å². The number of furan rings is 1. The summed E-state index contributed by atoms with van der Waals surface area (Å²) in [5.41, 5.74) is 1.97. The van der Waals surface area contributed by atoms with E-state index in [1.54, 1.807) is 18.4 Å². The molecular weight excluding hydrogens is 256 g/mol. The Labute approximate surface area is 96.7 Å². The third kappa shape index (κ3) is 2.13. The molecule has 0 spiro atoms. The molecule has 1 atom stereocenters. The Hall–Kier alpha value is -1.06. The number of hydrogen-bond donors (Lipinski definition) is 1. The highest BCUT2D eigenvalue weighted by Gasteiger charge is 2.15. The maximum atomic E-state index is 10.0. The predicted molar refractivity (Wildman–Crippen MR) is 61.6 cm³/mol. The first-order chi connectivity index (χ1) is 7.18. The van der Waals surface area contributed by atoms with E-state index in [4.69, 9.17) is 4.42 Å². The Kier molecular flexibility index (Phi) is 2.93. The van der Waals surface area contributed by atoms with Crippen molar-refractivity contribution in [2.24, 2.45) is 0 Å². The van der Waals surface area contributed by atoms with Gasteiger partial charge in [0.25, 0.3) is 0 Å². The maximum absolute atomic E-state index is 10.0. The molecule has 1 aromatic carbocycles. The number of aryl methyl sites for hydroxylation is 1. The molecule has 0 aliphatic rings. The van der Waals surface area contributed by atoms with Crippen LogP contribution in [0.15, 0.2) is 45.5 Å². The number of aliphatic hydroxyl groups is 1. The van der Waals surface area contributed by atoms with Crippen molar-refractivity contribution in [1.82, 2.24) is 0 Å². The Balaban J connectivity index is 2.38. The molecule has 0 amide bonds. The maximum Gasteiger partial charge on any atom is 0.138 e. The number of hydrogen-bond acceptors (Lipinski definition) is 2. The fraction of sp³-hybridized carbons (Fsp3) is 0.167. The minimum atomic E-state index is -0.713. The number of benzene rings is 1. The van der Waals surface area contributed by atoms with Crippen LogP contribution in [-0.2, 0) is 0 Å². The average molecular weight is 267 g/mol. The summed E-state index contributed by atoms with van der Waals surface area (Å²) in [6.45, 7) is 2.01.